The van der Waals surface area contributed by atoms with E-state index in [4.69, 9.17) is 4.42 Å². The van der Waals surface area contributed by atoms with Gasteiger partial charge in [-0.05, 0) is 135 Å². The molecule has 556 valence electrons. The van der Waals surface area contributed by atoms with Gasteiger partial charge in [-0.1, -0.05) is 260 Å². The standard InChI is InChI=1S/C18H17N4.C17H14N3O.C17H14N3S.C16H17N2.11C2H6/c1-12-8-17-15(13-6-4-5-7-16(13)22(17)3)9-14(12)18-20-10-19-11-21(18)2;2*1-11-7-16-14(12-5-3-4-6-15(12)21-16)8-13(11)17-19-9-18-10-20(17)2;1-10-6-5-7-13-11(2)12(3)14-8-17-9-18(4)16(14)15(10)13;11*1-2/h4-11H,1-3H3;2*3-10H,1-2H3;5-9H,1-4H3;11*1-2H3/q4*+1;;;;;;;;;;;. The van der Waals surface area contributed by atoms with Gasteiger partial charge < -0.3 is 8.98 Å². The summed E-state index contributed by atoms with van der Waals surface area (Å²) in [6.45, 7) is 56.9. The van der Waals surface area contributed by atoms with Crippen molar-refractivity contribution in [3.05, 3.63) is 211 Å². The third kappa shape index (κ3) is 21.7. The minimum Gasteiger partial charge on any atom is -0.456 e. The maximum absolute atomic E-state index is 5.91. The summed E-state index contributed by atoms with van der Waals surface area (Å²) >= 11 is 1.84. The van der Waals surface area contributed by atoms with Gasteiger partial charge in [-0.15, -0.1) is 11.3 Å². The molecule has 0 amide bonds. The van der Waals surface area contributed by atoms with Crippen LogP contribution >= 0.6 is 11.3 Å². The van der Waals surface area contributed by atoms with Crippen molar-refractivity contribution in [3.8, 4) is 34.2 Å². The van der Waals surface area contributed by atoms with Gasteiger partial charge in [0, 0.05) is 65.2 Å². The highest BCUT2D eigenvalue weighted by Gasteiger charge is 2.21. The summed E-state index contributed by atoms with van der Waals surface area (Å²) in [4.78, 5) is 29.8. The normalized spacial score (nSPS) is 9.59. The number of hydrogen-bond acceptors (Lipinski definition) is 9. The zero-order valence-corrected chi connectivity index (χ0v) is 70.7. The van der Waals surface area contributed by atoms with Crippen LogP contribution in [0.4, 0.5) is 0 Å². The number of nitrogens with zero attached hydrogens (tertiary/aromatic N) is 12. The van der Waals surface area contributed by atoms with Gasteiger partial charge in [-0.2, -0.15) is 0 Å². The van der Waals surface area contributed by atoms with Gasteiger partial charge in [0.25, 0.3) is 42.8 Å². The van der Waals surface area contributed by atoms with Gasteiger partial charge >= 0.3 is 0 Å². The maximum atomic E-state index is 5.91. The molecule has 0 saturated heterocycles. The fourth-order valence-electron chi connectivity index (χ4n) is 11.4. The summed E-state index contributed by atoms with van der Waals surface area (Å²) in [5.74, 6) is 2.77. The molecule has 7 aromatic heterocycles. The van der Waals surface area contributed by atoms with Crippen molar-refractivity contribution in [3.63, 3.8) is 0 Å². The van der Waals surface area contributed by atoms with Crippen molar-refractivity contribution in [2.24, 2.45) is 35.2 Å². The van der Waals surface area contributed by atoms with Crippen molar-refractivity contribution >= 4 is 96.9 Å². The predicted octanol–water partition coefficient (Wildman–Crippen LogP) is 24.2. The molecule has 8 aromatic carbocycles. The molecule has 13 nitrogen and oxygen atoms in total. The largest absolute Gasteiger partial charge is 0.456 e. The first-order chi connectivity index (χ1) is 50.7. The maximum Gasteiger partial charge on any atom is 0.286 e. The fraction of sp³-hybridized carbons (Fsp3) is 0.367. The third-order valence-corrected chi connectivity index (χ3v) is 17.0. The molecule has 0 aliphatic heterocycles. The highest BCUT2D eigenvalue weighted by molar-refractivity contribution is 7.25. The van der Waals surface area contributed by atoms with E-state index >= 15 is 0 Å². The molecule has 0 aliphatic carbocycles. The average molecular weight is 1430 g/mol. The van der Waals surface area contributed by atoms with E-state index in [1.165, 1.54) is 91.5 Å². The van der Waals surface area contributed by atoms with Crippen LogP contribution in [0.25, 0.3) is 120 Å². The van der Waals surface area contributed by atoms with Crippen molar-refractivity contribution in [2.45, 2.75) is 194 Å². The van der Waals surface area contributed by atoms with Gasteiger partial charge in [-0.25, -0.2) is 18.3 Å². The van der Waals surface area contributed by atoms with Gasteiger partial charge in [0.1, 0.15) is 16.7 Å². The van der Waals surface area contributed by atoms with Crippen LogP contribution in [0.5, 0.6) is 0 Å². The number of furan rings is 1. The molecule has 15 aromatic rings. The second-order valence-corrected chi connectivity index (χ2v) is 22.2. The molecular formula is C90H128N12OS+4. The van der Waals surface area contributed by atoms with Gasteiger partial charge in [0.2, 0.25) is 19.0 Å². The van der Waals surface area contributed by atoms with E-state index < -0.39 is 0 Å². The Labute approximate surface area is 629 Å². The SMILES string of the molecule is CC.CC.CC.CC.CC.CC.CC.CC.CC.CC.CC.Cc1c(C)c2cnc[n+](C)c2c2c(C)cccc12.Cc1cc2c(cc1-c1ncnc[n+]1C)c1ccccc1n2C.Cc1cc2oc3ccccc3c2cc1-c1ncnc[n+]1C.Cc1cc2sc3ccccc3c2cc1-c1ncnc[n+]1C. The Balaban J connectivity index is 0.000000636. The number of para-hydroxylation sites is 2. The van der Waals surface area contributed by atoms with Gasteiger partial charge in [-0.3, -0.25) is 0 Å². The molecule has 0 saturated carbocycles. The molecule has 0 radical (unpaired) electrons. The molecule has 104 heavy (non-hydrogen) atoms. The smallest absolute Gasteiger partial charge is 0.286 e. The highest BCUT2D eigenvalue weighted by atomic mass is 32.1. The topological polar surface area (TPSA) is 124 Å². The first-order valence-corrected chi connectivity index (χ1v) is 39.0. The van der Waals surface area contributed by atoms with E-state index in [1.807, 2.05) is 229 Å². The number of hydrogen-bond donors (Lipinski definition) is 0. The number of rotatable bonds is 3. The number of aromatic nitrogens is 12. The van der Waals surface area contributed by atoms with Crippen LogP contribution < -0.4 is 18.3 Å². The average Bonchev–Trinajstić information content (AvgIpc) is 1.48. The molecule has 14 heteroatoms. The summed E-state index contributed by atoms with van der Waals surface area (Å²) in [5.41, 5.74) is 16.6. The van der Waals surface area contributed by atoms with Crippen LogP contribution in [-0.4, -0.2) is 39.5 Å². The minimum atomic E-state index is 0.898. The van der Waals surface area contributed by atoms with E-state index in [2.05, 4.69) is 209 Å². The van der Waals surface area contributed by atoms with E-state index in [0.717, 1.165) is 61.7 Å². The number of fused-ring (bicyclic) bond motifs is 12. The Morgan fingerprint density at radius 1 is 0.327 bits per heavy atom. The van der Waals surface area contributed by atoms with E-state index in [-0.39, 0.29) is 0 Å². The predicted molar refractivity (Wildman–Crippen MR) is 454 cm³/mol. The lowest BCUT2D eigenvalue weighted by Crippen LogP contribution is -2.32. The minimum absolute atomic E-state index is 0.898. The Morgan fingerprint density at radius 2 is 0.740 bits per heavy atom. The zero-order valence-electron chi connectivity index (χ0n) is 69.9. The molecule has 0 fully saturated rings. The van der Waals surface area contributed by atoms with Crippen LogP contribution in [-0.2, 0) is 35.2 Å². The number of benzene rings is 8. The van der Waals surface area contributed by atoms with E-state index in [0.29, 0.717) is 0 Å². The second-order valence-electron chi connectivity index (χ2n) is 21.1. The van der Waals surface area contributed by atoms with E-state index in [9.17, 15) is 0 Å². The van der Waals surface area contributed by atoms with Crippen LogP contribution in [0.2, 0.25) is 0 Å². The van der Waals surface area contributed by atoms with Gasteiger partial charge in [0.15, 0.2) is 6.20 Å². The van der Waals surface area contributed by atoms with Crippen LogP contribution in [0.15, 0.2) is 182 Å². The molecule has 15 rings (SSSR count). The summed E-state index contributed by atoms with van der Waals surface area (Å²) < 4.78 is 18.8. The first kappa shape index (κ1) is 92.2. The van der Waals surface area contributed by atoms with Crippen LogP contribution in [0.1, 0.15) is 186 Å². The number of thiophene rings is 1. The Morgan fingerprint density at radius 3 is 1.26 bits per heavy atom. The third-order valence-electron chi connectivity index (χ3n) is 15.8. The summed E-state index contributed by atoms with van der Waals surface area (Å²) in [5, 5.41) is 11.3. The number of aryl methyl sites for hydroxylation is 11. The summed E-state index contributed by atoms with van der Waals surface area (Å²) in [7, 11) is 10.1. The van der Waals surface area contributed by atoms with Gasteiger partial charge in [0.05, 0.1) is 50.3 Å². The Kier molecular flexibility index (Phi) is 43.4. The monoisotopic (exact) mass is 1430 g/mol. The van der Waals surface area contributed by atoms with Crippen molar-refractivity contribution in [1.29, 1.82) is 0 Å². The molecular weight excluding hydrogens is 1300 g/mol. The fourth-order valence-corrected chi connectivity index (χ4v) is 12.6. The lowest BCUT2D eigenvalue weighted by Gasteiger charge is -2.12. The summed E-state index contributed by atoms with van der Waals surface area (Å²) in [6.07, 6.45) is 14.0. The summed E-state index contributed by atoms with van der Waals surface area (Å²) in [6, 6.07) is 44.9. The van der Waals surface area contributed by atoms with E-state index in [1.54, 1.807) is 38.0 Å². The molecule has 0 bridgehead atoms. The quantitative estimate of drug-likeness (QED) is 0.127. The molecule has 7 heterocycles. The van der Waals surface area contributed by atoms with Crippen molar-refractivity contribution in [1.82, 2.24) is 39.5 Å². The molecule has 0 aliphatic rings. The molecule has 0 atom stereocenters. The first-order valence-electron chi connectivity index (χ1n) is 38.2. The van der Waals surface area contributed by atoms with Crippen LogP contribution in [0.3, 0.4) is 0 Å². The van der Waals surface area contributed by atoms with Crippen molar-refractivity contribution < 1.29 is 22.7 Å². The lowest BCUT2D eigenvalue weighted by molar-refractivity contribution is -0.666. The highest BCUT2D eigenvalue weighted by Crippen LogP contribution is 2.38. The Bertz CT molecular complexity index is 4760. The molecule has 0 spiro atoms. The Hall–Kier alpha value is -9.79. The second kappa shape index (κ2) is 49.0. The lowest BCUT2D eigenvalue weighted by atomic mass is 9.94. The van der Waals surface area contributed by atoms with Crippen LogP contribution in [0, 0.1) is 41.5 Å². The molecule has 0 unspecified atom stereocenters. The van der Waals surface area contributed by atoms with Crippen molar-refractivity contribution in [2.75, 3.05) is 0 Å². The molecule has 0 N–H and O–H groups in total. The zero-order chi connectivity index (χ0) is 78.9.